The minimum absolute atomic E-state index is 0.0540. The average Bonchev–Trinajstić information content (AvgIpc) is 2.34. The Morgan fingerprint density at radius 2 is 2.06 bits per heavy atom. The second kappa shape index (κ2) is 7.56. The highest BCUT2D eigenvalue weighted by Crippen LogP contribution is 2.30. The van der Waals surface area contributed by atoms with Crippen LogP contribution in [0.3, 0.4) is 0 Å². The molecule has 1 aliphatic rings. The monoisotopic (exact) mass is 265 g/mol. The molecule has 1 fully saturated rings. The molecule has 1 aliphatic heterocycles. The molecule has 17 heavy (non-hydrogen) atoms. The van der Waals surface area contributed by atoms with Crippen LogP contribution in [0.1, 0.15) is 13.3 Å². The second-order valence-corrected chi connectivity index (χ2v) is 5.35. The second-order valence-electron chi connectivity index (χ2n) is 4.20. The first-order valence-electron chi connectivity index (χ1n) is 5.97. The lowest BCUT2D eigenvalue weighted by molar-refractivity contribution is -0.273. The van der Waals surface area contributed by atoms with Gasteiger partial charge in [0.25, 0.3) is 0 Å². The van der Waals surface area contributed by atoms with Crippen LogP contribution in [-0.4, -0.2) is 60.0 Å². The zero-order chi connectivity index (χ0) is 12.8. The smallest absolute Gasteiger partial charge is 0.186 e. The molecular weight excluding hydrogens is 242 g/mol. The Hall–Kier alpha value is 0.150. The van der Waals surface area contributed by atoms with E-state index in [0.29, 0.717) is 6.54 Å². The van der Waals surface area contributed by atoms with Crippen molar-refractivity contribution in [2.24, 2.45) is 11.7 Å². The van der Waals surface area contributed by atoms with Gasteiger partial charge in [0.1, 0.15) is 6.10 Å². The van der Waals surface area contributed by atoms with Crippen LogP contribution in [0.5, 0.6) is 0 Å². The number of hydrogen-bond acceptors (Lipinski definition) is 6. The summed E-state index contributed by atoms with van der Waals surface area (Å²) in [6.07, 6.45) is -1.83. The van der Waals surface area contributed by atoms with Crippen LogP contribution in [0.4, 0.5) is 0 Å². The predicted molar refractivity (Wildman–Crippen MR) is 67.8 cm³/mol. The summed E-state index contributed by atoms with van der Waals surface area (Å²) in [5, 5.41) is 19.8. The van der Waals surface area contributed by atoms with Crippen molar-refractivity contribution in [3.63, 3.8) is 0 Å². The van der Waals surface area contributed by atoms with Crippen LogP contribution in [0.15, 0.2) is 0 Å². The van der Waals surface area contributed by atoms with Gasteiger partial charge in [-0.2, -0.15) is 11.8 Å². The van der Waals surface area contributed by atoms with Crippen LogP contribution in [0.2, 0.25) is 0 Å². The van der Waals surface area contributed by atoms with Crippen LogP contribution < -0.4 is 5.73 Å². The molecule has 102 valence electrons. The van der Waals surface area contributed by atoms with E-state index in [2.05, 4.69) is 0 Å². The molecule has 0 spiro atoms. The molecule has 0 aromatic rings. The van der Waals surface area contributed by atoms with Gasteiger partial charge in [-0.05, 0) is 6.42 Å². The van der Waals surface area contributed by atoms with Crippen molar-refractivity contribution in [1.82, 2.24) is 0 Å². The number of rotatable bonds is 6. The Morgan fingerprint density at radius 3 is 2.59 bits per heavy atom. The number of ether oxygens (including phenoxy) is 2. The molecule has 5 nitrogen and oxygen atoms in total. The lowest BCUT2D eigenvalue weighted by atomic mass is 9.88. The maximum atomic E-state index is 10.0. The molecule has 0 aliphatic carbocycles. The van der Waals surface area contributed by atoms with E-state index in [4.69, 9.17) is 15.2 Å². The number of aliphatic hydroxyl groups is 2. The largest absolute Gasteiger partial charge is 0.390 e. The van der Waals surface area contributed by atoms with Gasteiger partial charge in [0.15, 0.2) is 6.29 Å². The first-order chi connectivity index (χ1) is 8.15. The summed E-state index contributed by atoms with van der Waals surface area (Å²) in [7, 11) is 1.47. The van der Waals surface area contributed by atoms with E-state index in [-0.39, 0.29) is 12.0 Å². The molecule has 0 aromatic heterocycles. The van der Waals surface area contributed by atoms with E-state index in [1.54, 1.807) is 11.8 Å². The fourth-order valence-electron chi connectivity index (χ4n) is 2.13. The molecule has 1 heterocycles. The highest BCUT2D eigenvalue weighted by atomic mass is 32.2. The lowest BCUT2D eigenvalue weighted by Crippen LogP contribution is -2.55. The highest BCUT2D eigenvalue weighted by molar-refractivity contribution is 7.99. The maximum Gasteiger partial charge on any atom is 0.186 e. The summed E-state index contributed by atoms with van der Waals surface area (Å²) in [6.45, 7) is 2.62. The van der Waals surface area contributed by atoms with Gasteiger partial charge in [0.2, 0.25) is 0 Å². The lowest BCUT2D eigenvalue weighted by Gasteiger charge is -2.42. The fraction of sp³-hybridized carbons (Fsp3) is 1.00. The third-order valence-corrected chi connectivity index (χ3v) is 4.19. The van der Waals surface area contributed by atoms with E-state index in [1.807, 2.05) is 6.92 Å². The van der Waals surface area contributed by atoms with Gasteiger partial charge in [-0.25, -0.2) is 0 Å². The summed E-state index contributed by atoms with van der Waals surface area (Å²) < 4.78 is 10.7. The van der Waals surface area contributed by atoms with Crippen molar-refractivity contribution in [3.8, 4) is 0 Å². The third kappa shape index (κ3) is 3.81. The van der Waals surface area contributed by atoms with Gasteiger partial charge in [-0.1, -0.05) is 6.92 Å². The molecule has 0 radical (unpaired) electrons. The van der Waals surface area contributed by atoms with E-state index < -0.39 is 18.5 Å². The Morgan fingerprint density at radius 1 is 1.35 bits per heavy atom. The quantitative estimate of drug-likeness (QED) is 0.577. The fourth-order valence-corrected chi connectivity index (χ4v) is 3.02. The zero-order valence-corrected chi connectivity index (χ0v) is 11.2. The molecule has 0 bridgehead atoms. The van der Waals surface area contributed by atoms with Gasteiger partial charge in [0.05, 0.1) is 12.2 Å². The van der Waals surface area contributed by atoms with E-state index in [9.17, 15) is 10.2 Å². The average molecular weight is 265 g/mol. The Labute approximate surface area is 107 Å². The molecule has 6 heteroatoms. The molecule has 4 unspecified atom stereocenters. The van der Waals surface area contributed by atoms with Crippen molar-refractivity contribution < 1.29 is 19.7 Å². The summed E-state index contributed by atoms with van der Waals surface area (Å²) in [5.41, 5.74) is 5.44. The summed E-state index contributed by atoms with van der Waals surface area (Å²) in [4.78, 5) is 0. The summed E-state index contributed by atoms with van der Waals surface area (Å²) in [6, 6.07) is 0. The normalized spacial score (nSPS) is 38.3. The predicted octanol–water partition coefficient (Wildman–Crippen LogP) is -0.202. The van der Waals surface area contributed by atoms with Crippen molar-refractivity contribution in [2.75, 3.05) is 25.2 Å². The molecular formula is C11H23NO4S. The van der Waals surface area contributed by atoms with E-state index >= 15 is 0 Å². The third-order valence-electron chi connectivity index (χ3n) is 3.10. The SMILES string of the molecule is CCC1C(CSCCN)O[C@@H](OC)C(O)C1O. The van der Waals surface area contributed by atoms with Crippen LogP contribution in [0, 0.1) is 5.92 Å². The Bertz CT molecular complexity index is 220. The molecule has 1 saturated heterocycles. The minimum atomic E-state index is -0.972. The zero-order valence-electron chi connectivity index (χ0n) is 10.4. The van der Waals surface area contributed by atoms with E-state index in [0.717, 1.165) is 17.9 Å². The molecule has 0 amide bonds. The number of methoxy groups -OCH3 is 1. The van der Waals surface area contributed by atoms with Gasteiger partial charge in [-0.15, -0.1) is 0 Å². The van der Waals surface area contributed by atoms with Crippen LogP contribution in [-0.2, 0) is 9.47 Å². The van der Waals surface area contributed by atoms with Gasteiger partial charge in [-0.3, -0.25) is 0 Å². The van der Waals surface area contributed by atoms with Gasteiger partial charge in [0, 0.05) is 31.1 Å². The first-order valence-corrected chi connectivity index (χ1v) is 7.13. The topological polar surface area (TPSA) is 84.9 Å². The van der Waals surface area contributed by atoms with Crippen molar-refractivity contribution in [1.29, 1.82) is 0 Å². The molecule has 0 aromatic carbocycles. The Balaban J connectivity index is 2.59. The van der Waals surface area contributed by atoms with Crippen molar-refractivity contribution >= 4 is 11.8 Å². The van der Waals surface area contributed by atoms with Crippen molar-refractivity contribution in [3.05, 3.63) is 0 Å². The molecule has 5 atom stereocenters. The van der Waals surface area contributed by atoms with Gasteiger partial charge < -0.3 is 25.4 Å². The van der Waals surface area contributed by atoms with E-state index in [1.165, 1.54) is 7.11 Å². The summed E-state index contributed by atoms with van der Waals surface area (Å²) >= 11 is 1.70. The number of thioether (sulfide) groups is 1. The van der Waals surface area contributed by atoms with Crippen LogP contribution >= 0.6 is 11.8 Å². The van der Waals surface area contributed by atoms with Crippen LogP contribution in [0.25, 0.3) is 0 Å². The molecule has 4 N–H and O–H groups in total. The standard InChI is InChI=1S/C11H23NO4S/c1-3-7-8(6-17-5-4-12)16-11(15-2)10(14)9(7)13/h7-11,13-14H,3-6,12H2,1-2H3/t7?,8?,9?,10?,11-/m1/s1. The highest BCUT2D eigenvalue weighted by Gasteiger charge is 2.43. The number of aliphatic hydroxyl groups excluding tert-OH is 2. The van der Waals surface area contributed by atoms with Crippen molar-refractivity contribution in [2.45, 2.75) is 37.9 Å². The number of nitrogens with two attached hydrogens (primary N) is 1. The minimum Gasteiger partial charge on any atom is -0.390 e. The van der Waals surface area contributed by atoms with Gasteiger partial charge >= 0.3 is 0 Å². The first kappa shape index (κ1) is 15.2. The Kier molecular flexibility index (Phi) is 6.76. The number of hydrogen-bond donors (Lipinski definition) is 3. The maximum absolute atomic E-state index is 10.0. The molecule has 0 saturated carbocycles. The molecule has 1 rings (SSSR count). The summed E-state index contributed by atoms with van der Waals surface area (Å²) in [5.74, 6) is 1.58.